The average Bonchev–Trinajstić information content (AvgIpc) is 2.92. The summed E-state index contributed by atoms with van der Waals surface area (Å²) in [6.45, 7) is 1.99. The van der Waals surface area contributed by atoms with Gasteiger partial charge in [-0.1, -0.05) is 60.7 Å². The Kier molecular flexibility index (Phi) is 3.69. The molecule has 20 heavy (non-hydrogen) atoms. The lowest BCUT2D eigenvalue weighted by Gasteiger charge is -2.17. The number of hydrogen-bond acceptors (Lipinski definition) is 1. The Bertz CT molecular complexity index is 613. The summed E-state index contributed by atoms with van der Waals surface area (Å²) in [5.41, 5.74) is 2.65. The van der Waals surface area contributed by atoms with E-state index in [1.165, 1.54) is 11.1 Å². The molecular weight excluding hydrogens is 244 g/mol. The second-order valence-corrected chi connectivity index (χ2v) is 5.09. The van der Waals surface area contributed by atoms with Crippen LogP contribution in [0.5, 0.6) is 0 Å². The van der Waals surface area contributed by atoms with E-state index in [1.54, 1.807) is 0 Å². The molecule has 0 saturated heterocycles. The summed E-state index contributed by atoms with van der Waals surface area (Å²) in [6.07, 6.45) is 0.891. The lowest BCUT2D eigenvalue weighted by molar-refractivity contribution is 0.474. The first-order valence-electron chi connectivity index (χ1n) is 6.98. The van der Waals surface area contributed by atoms with E-state index in [9.17, 15) is 0 Å². The zero-order valence-electron chi connectivity index (χ0n) is 11.6. The first kappa shape index (κ1) is 12.7. The fourth-order valence-corrected chi connectivity index (χ4v) is 2.59. The van der Waals surface area contributed by atoms with Gasteiger partial charge in [0.1, 0.15) is 11.5 Å². The van der Waals surface area contributed by atoms with Gasteiger partial charge in [0.05, 0.1) is 0 Å². The van der Waals surface area contributed by atoms with Crippen molar-refractivity contribution in [1.82, 2.24) is 0 Å². The summed E-state index contributed by atoms with van der Waals surface area (Å²) in [5.74, 6) is 2.35. The van der Waals surface area contributed by atoms with Crippen molar-refractivity contribution in [3.8, 4) is 0 Å². The van der Waals surface area contributed by atoms with Crippen molar-refractivity contribution in [2.24, 2.45) is 0 Å². The Morgan fingerprint density at radius 2 is 1.30 bits per heavy atom. The molecule has 0 bridgehead atoms. The van der Waals surface area contributed by atoms with Crippen LogP contribution in [0, 0.1) is 6.92 Å². The summed E-state index contributed by atoms with van der Waals surface area (Å²) in [4.78, 5) is 0. The predicted molar refractivity (Wildman–Crippen MR) is 81.9 cm³/mol. The molecule has 3 aromatic rings. The van der Waals surface area contributed by atoms with E-state index in [0.29, 0.717) is 5.92 Å². The summed E-state index contributed by atoms with van der Waals surface area (Å²) in [5, 5.41) is 0. The van der Waals surface area contributed by atoms with Crippen LogP contribution in [0.1, 0.15) is 28.6 Å². The molecular formula is C19H18O. The Hall–Kier alpha value is -2.28. The molecule has 0 amide bonds. The molecule has 0 aliphatic carbocycles. The molecule has 0 atom stereocenters. The van der Waals surface area contributed by atoms with Gasteiger partial charge in [-0.3, -0.25) is 0 Å². The van der Waals surface area contributed by atoms with Gasteiger partial charge in [-0.05, 0) is 30.2 Å². The van der Waals surface area contributed by atoms with E-state index in [1.807, 2.05) is 13.0 Å². The molecule has 2 aromatic carbocycles. The Morgan fingerprint density at radius 1 is 0.750 bits per heavy atom. The third-order valence-corrected chi connectivity index (χ3v) is 3.61. The fourth-order valence-electron chi connectivity index (χ4n) is 2.59. The van der Waals surface area contributed by atoms with Gasteiger partial charge in [0.15, 0.2) is 0 Å². The van der Waals surface area contributed by atoms with Crippen molar-refractivity contribution >= 4 is 0 Å². The Morgan fingerprint density at radius 3 is 1.75 bits per heavy atom. The van der Waals surface area contributed by atoms with Crippen molar-refractivity contribution in [3.05, 3.63) is 95.4 Å². The SMILES string of the molecule is Cc1ccc(CC(c2ccccc2)c2ccccc2)o1. The monoisotopic (exact) mass is 262 g/mol. The van der Waals surface area contributed by atoms with Crippen LogP contribution in [0.15, 0.2) is 77.2 Å². The lowest BCUT2D eigenvalue weighted by atomic mass is 9.88. The summed E-state index contributed by atoms with van der Waals surface area (Å²) >= 11 is 0. The van der Waals surface area contributed by atoms with Gasteiger partial charge >= 0.3 is 0 Å². The maximum Gasteiger partial charge on any atom is 0.105 e. The van der Waals surface area contributed by atoms with Crippen LogP contribution in [0.25, 0.3) is 0 Å². The topological polar surface area (TPSA) is 13.1 Å². The lowest BCUT2D eigenvalue weighted by Crippen LogP contribution is -2.04. The highest BCUT2D eigenvalue weighted by molar-refractivity contribution is 5.33. The molecule has 0 aliphatic rings. The molecule has 3 rings (SSSR count). The molecule has 0 N–H and O–H groups in total. The van der Waals surface area contributed by atoms with Crippen molar-refractivity contribution < 1.29 is 4.42 Å². The van der Waals surface area contributed by atoms with E-state index < -0.39 is 0 Å². The minimum Gasteiger partial charge on any atom is -0.466 e. The van der Waals surface area contributed by atoms with Gasteiger partial charge in [-0.2, -0.15) is 0 Å². The minimum atomic E-state index is 0.336. The number of aryl methyl sites for hydroxylation is 1. The van der Waals surface area contributed by atoms with E-state index in [-0.39, 0.29) is 0 Å². The zero-order valence-corrected chi connectivity index (χ0v) is 11.6. The van der Waals surface area contributed by atoms with Crippen molar-refractivity contribution in [2.45, 2.75) is 19.3 Å². The molecule has 0 spiro atoms. The first-order chi connectivity index (χ1) is 9.83. The van der Waals surface area contributed by atoms with Crippen molar-refractivity contribution in [2.75, 3.05) is 0 Å². The van der Waals surface area contributed by atoms with Crippen LogP contribution in [-0.2, 0) is 6.42 Å². The maximum absolute atomic E-state index is 5.76. The largest absolute Gasteiger partial charge is 0.466 e. The third kappa shape index (κ3) is 2.83. The molecule has 0 unspecified atom stereocenters. The highest BCUT2D eigenvalue weighted by Crippen LogP contribution is 2.28. The van der Waals surface area contributed by atoms with Gasteiger partial charge < -0.3 is 4.42 Å². The maximum atomic E-state index is 5.76. The highest BCUT2D eigenvalue weighted by atomic mass is 16.3. The fraction of sp³-hybridized carbons (Fsp3) is 0.158. The van der Waals surface area contributed by atoms with Gasteiger partial charge in [-0.25, -0.2) is 0 Å². The van der Waals surface area contributed by atoms with Gasteiger partial charge in [0.25, 0.3) is 0 Å². The molecule has 0 saturated carbocycles. The highest BCUT2D eigenvalue weighted by Gasteiger charge is 2.16. The van der Waals surface area contributed by atoms with E-state index in [0.717, 1.165) is 17.9 Å². The second kappa shape index (κ2) is 5.79. The Labute approximate surface area is 119 Å². The zero-order chi connectivity index (χ0) is 13.8. The first-order valence-corrected chi connectivity index (χ1v) is 6.98. The molecule has 1 heteroatoms. The standard InChI is InChI=1S/C19H18O/c1-15-12-13-18(20-15)14-19(16-8-4-2-5-9-16)17-10-6-3-7-11-17/h2-13,19H,14H2,1H3. The van der Waals surface area contributed by atoms with Crippen LogP contribution in [-0.4, -0.2) is 0 Å². The number of rotatable bonds is 4. The van der Waals surface area contributed by atoms with Crippen LogP contribution in [0.2, 0.25) is 0 Å². The normalized spacial score (nSPS) is 10.9. The molecule has 100 valence electrons. The smallest absolute Gasteiger partial charge is 0.105 e. The number of benzene rings is 2. The van der Waals surface area contributed by atoms with Crippen LogP contribution in [0.4, 0.5) is 0 Å². The Balaban J connectivity index is 1.96. The molecule has 1 heterocycles. The van der Waals surface area contributed by atoms with Gasteiger partial charge in [0, 0.05) is 12.3 Å². The molecule has 1 nitrogen and oxygen atoms in total. The van der Waals surface area contributed by atoms with E-state index in [4.69, 9.17) is 4.42 Å². The van der Waals surface area contributed by atoms with E-state index in [2.05, 4.69) is 66.7 Å². The molecule has 0 fully saturated rings. The van der Waals surface area contributed by atoms with Crippen LogP contribution >= 0.6 is 0 Å². The third-order valence-electron chi connectivity index (χ3n) is 3.61. The average molecular weight is 262 g/mol. The van der Waals surface area contributed by atoms with Crippen molar-refractivity contribution in [1.29, 1.82) is 0 Å². The minimum absolute atomic E-state index is 0.336. The van der Waals surface area contributed by atoms with E-state index >= 15 is 0 Å². The molecule has 0 aliphatic heterocycles. The van der Waals surface area contributed by atoms with Gasteiger partial charge in [-0.15, -0.1) is 0 Å². The van der Waals surface area contributed by atoms with Crippen molar-refractivity contribution in [3.63, 3.8) is 0 Å². The summed E-state index contributed by atoms with van der Waals surface area (Å²) in [6, 6.07) is 25.4. The predicted octanol–water partition coefficient (Wildman–Crippen LogP) is 4.96. The number of furan rings is 1. The second-order valence-electron chi connectivity index (χ2n) is 5.09. The summed E-state index contributed by atoms with van der Waals surface area (Å²) in [7, 11) is 0. The summed E-state index contributed by atoms with van der Waals surface area (Å²) < 4.78 is 5.76. The molecule has 1 aromatic heterocycles. The quantitative estimate of drug-likeness (QED) is 0.647. The van der Waals surface area contributed by atoms with Crippen LogP contribution in [0.3, 0.4) is 0 Å². The number of hydrogen-bond donors (Lipinski definition) is 0. The van der Waals surface area contributed by atoms with Crippen LogP contribution < -0.4 is 0 Å². The van der Waals surface area contributed by atoms with Gasteiger partial charge in [0.2, 0.25) is 0 Å². The molecule has 0 radical (unpaired) electrons.